The highest BCUT2D eigenvalue weighted by atomic mass is 16.7. The van der Waals surface area contributed by atoms with E-state index in [1.165, 1.54) is 12.8 Å². The van der Waals surface area contributed by atoms with Crippen molar-refractivity contribution in [2.75, 3.05) is 13.2 Å². The minimum Gasteiger partial charge on any atom is -0.463 e. The monoisotopic (exact) mass is 566 g/mol. The lowest BCUT2D eigenvalue weighted by molar-refractivity contribution is -0.154. The maximum atomic E-state index is 12.6. The van der Waals surface area contributed by atoms with Gasteiger partial charge in [0.25, 0.3) is 5.95 Å². The van der Waals surface area contributed by atoms with E-state index in [-0.39, 0.29) is 47.3 Å². The Hall–Kier alpha value is -2.08. The minimum absolute atomic E-state index is 0.0327. The van der Waals surface area contributed by atoms with Crippen molar-refractivity contribution < 1.29 is 28.5 Å². The quantitative estimate of drug-likeness (QED) is 0.115. The highest BCUT2D eigenvalue weighted by Crippen LogP contribution is 2.49. The second kappa shape index (κ2) is 12.3. The molecule has 6 nitrogen and oxygen atoms in total. The summed E-state index contributed by atoms with van der Waals surface area (Å²) in [5.74, 6) is 3.23. The standard InChI is InChI=1S/C35H50O6/c1-22(41-34(37)32-21-24-5-7-26(32)19-24)40-30-14-10-28(11-15-30)35(2,3)27-8-12-29(13-9-27)38-16-17-39-33(36)31-20-23-4-6-25(31)18-23/h4-7,23-32H,1,8-21H2,2-3H3. The van der Waals surface area contributed by atoms with Gasteiger partial charge in [-0.15, -0.1) is 0 Å². The fourth-order valence-corrected chi connectivity index (χ4v) is 9.20. The van der Waals surface area contributed by atoms with Gasteiger partial charge in [-0.1, -0.05) is 38.2 Å². The number of ether oxygens (including phenoxy) is 4. The molecule has 0 aliphatic heterocycles. The number of carbonyl (C=O) groups is 2. The fraction of sp³-hybridized carbons (Fsp3) is 0.771. The van der Waals surface area contributed by atoms with Gasteiger partial charge in [-0.3, -0.25) is 9.59 Å². The molecule has 0 aromatic heterocycles. The van der Waals surface area contributed by atoms with E-state index in [1.807, 2.05) is 0 Å². The van der Waals surface area contributed by atoms with E-state index in [1.54, 1.807) is 0 Å². The molecule has 0 aromatic rings. The molecule has 6 unspecified atom stereocenters. The van der Waals surface area contributed by atoms with Crippen LogP contribution < -0.4 is 0 Å². The molecule has 6 aliphatic rings. The SMILES string of the molecule is C=C(OC(=O)C1CC2C=CC1C2)OC1CCC(C(C)(C)C2CCC(OCCOC(=O)C3CC4C=CC3C4)CC2)CC1. The average molecular weight is 567 g/mol. The molecular formula is C35H50O6. The number of esters is 2. The predicted octanol–water partition coefficient (Wildman–Crippen LogP) is 7.15. The van der Waals surface area contributed by atoms with Crippen molar-refractivity contribution in [3.63, 3.8) is 0 Å². The molecule has 0 N–H and O–H groups in total. The van der Waals surface area contributed by atoms with Gasteiger partial charge in [0.1, 0.15) is 12.7 Å². The summed E-state index contributed by atoms with van der Waals surface area (Å²) in [6.45, 7) is 9.70. The van der Waals surface area contributed by atoms with Crippen LogP contribution in [0.3, 0.4) is 0 Å². The van der Waals surface area contributed by atoms with E-state index < -0.39 is 0 Å². The Morgan fingerprint density at radius 1 is 0.707 bits per heavy atom. The maximum Gasteiger partial charge on any atom is 0.317 e. The predicted molar refractivity (Wildman–Crippen MR) is 156 cm³/mol. The van der Waals surface area contributed by atoms with Crippen molar-refractivity contribution in [1.82, 2.24) is 0 Å². The van der Waals surface area contributed by atoms with Crippen LogP contribution in [0.1, 0.15) is 90.9 Å². The Kier molecular flexibility index (Phi) is 8.68. The van der Waals surface area contributed by atoms with Crippen LogP contribution in [0.15, 0.2) is 36.8 Å². The summed E-state index contributed by atoms with van der Waals surface area (Å²) in [5.41, 5.74) is 0.277. The number of fused-ring (bicyclic) bond motifs is 4. The number of hydrogen-bond donors (Lipinski definition) is 0. The van der Waals surface area contributed by atoms with E-state index in [2.05, 4.69) is 44.7 Å². The second-order valence-electron chi connectivity index (χ2n) is 14.5. The van der Waals surface area contributed by atoms with E-state index >= 15 is 0 Å². The van der Waals surface area contributed by atoms with Gasteiger partial charge in [0.15, 0.2) is 0 Å². The van der Waals surface area contributed by atoms with Gasteiger partial charge in [0.2, 0.25) is 0 Å². The summed E-state index contributed by atoms with van der Waals surface area (Å²) in [6, 6.07) is 0. The largest absolute Gasteiger partial charge is 0.463 e. The molecule has 0 amide bonds. The molecule has 41 heavy (non-hydrogen) atoms. The molecule has 0 heterocycles. The zero-order valence-electron chi connectivity index (χ0n) is 25.1. The first-order valence-corrected chi connectivity index (χ1v) is 16.5. The lowest BCUT2D eigenvalue weighted by atomic mass is 9.60. The molecule has 4 fully saturated rings. The van der Waals surface area contributed by atoms with Crippen LogP contribution in [0, 0.1) is 52.8 Å². The third kappa shape index (κ3) is 6.48. The van der Waals surface area contributed by atoms with Crippen LogP contribution in [-0.2, 0) is 28.5 Å². The van der Waals surface area contributed by atoms with Crippen LogP contribution in [-0.4, -0.2) is 37.4 Å². The van der Waals surface area contributed by atoms with Gasteiger partial charge >= 0.3 is 11.9 Å². The van der Waals surface area contributed by atoms with Crippen molar-refractivity contribution in [2.45, 2.75) is 103 Å². The lowest BCUT2D eigenvalue weighted by Crippen LogP contribution is -2.39. The van der Waals surface area contributed by atoms with E-state index in [0.29, 0.717) is 48.7 Å². The van der Waals surface area contributed by atoms with Crippen molar-refractivity contribution in [2.24, 2.45) is 52.8 Å². The summed E-state index contributed by atoms with van der Waals surface area (Å²) < 4.78 is 23.3. The van der Waals surface area contributed by atoms with Gasteiger partial charge in [0.05, 0.1) is 24.5 Å². The normalized spacial score (nSPS) is 39.2. The summed E-state index contributed by atoms with van der Waals surface area (Å²) in [6.07, 6.45) is 22.1. The molecule has 6 heteroatoms. The average Bonchev–Trinajstić information content (AvgIpc) is 3.78. The van der Waals surface area contributed by atoms with Gasteiger partial charge in [-0.05, 0) is 125 Å². The molecule has 6 aliphatic carbocycles. The molecule has 0 spiro atoms. The maximum absolute atomic E-state index is 12.6. The number of allylic oxidation sites excluding steroid dienone is 4. The van der Waals surface area contributed by atoms with E-state index in [0.717, 1.165) is 64.2 Å². The first-order valence-electron chi connectivity index (χ1n) is 16.5. The Labute approximate surface area is 246 Å². The topological polar surface area (TPSA) is 71.1 Å². The number of hydrogen-bond acceptors (Lipinski definition) is 6. The van der Waals surface area contributed by atoms with Crippen molar-refractivity contribution in [3.05, 3.63) is 36.8 Å². The molecular weight excluding hydrogens is 516 g/mol. The van der Waals surface area contributed by atoms with E-state index in [4.69, 9.17) is 18.9 Å². The highest BCUT2D eigenvalue weighted by molar-refractivity contribution is 5.75. The summed E-state index contributed by atoms with van der Waals surface area (Å²) in [7, 11) is 0. The zero-order valence-corrected chi connectivity index (χ0v) is 25.1. The molecule has 0 saturated heterocycles. The van der Waals surface area contributed by atoms with Crippen LogP contribution in [0.4, 0.5) is 0 Å². The molecule has 4 bridgehead atoms. The van der Waals surface area contributed by atoms with Crippen LogP contribution in [0.2, 0.25) is 0 Å². The first-order chi connectivity index (χ1) is 19.8. The molecule has 6 rings (SSSR count). The number of rotatable bonds is 11. The smallest absolute Gasteiger partial charge is 0.317 e. The highest BCUT2D eigenvalue weighted by Gasteiger charge is 2.43. The van der Waals surface area contributed by atoms with Gasteiger partial charge in [-0.25, -0.2) is 0 Å². The van der Waals surface area contributed by atoms with Gasteiger partial charge < -0.3 is 18.9 Å². The van der Waals surface area contributed by atoms with Gasteiger partial charge in [0, 0.05) is 0 Å². The molecule has 0 aromatic carbocycles. The summed E-state index contributed by atoms with van der Waals surface area (Å²) >= 11 is 0. The van der Waals surface area contributed by atoms with Crippen molar-refractivity contribution in [3.8, 4) is 0 Å². The minimum atomic E-state index is -0.171. The Morgan fingerprint density at radius 3 is 1.76 bits per heavy atom. The van der Waals surface area contributed by atoms with Crippen LogP contribution in [0.5, 0.6) is 0 Å². The molecule has 6 atom stereocenters. The first kappa shape index (κ1) is 29.0. The third-order valence-electron chi connectivity index (χ3n) is 11.8. The second-order valence-corrected chi connectivity index (χ2v) is 14.5. The van der Waals surface area contributed by atoms with Crippen molar-refractivity contribution >= 4 is 11.9 Å². The third-order valence-corrected chi connectivity index (χ3v) is 11.8. The molecule has 0 radical (unpaired) electrons. The van der Waals surface area contributed by atoms with Gasteiger partial charge in [-0.2, -0.15) is 0 Å². The summed E-state index contributed by atoms with van der Waals surface area (Å²) in [4.78, 5) is 25.0. The lowest BCUT2D eigenvalue weighted by Gasteiger charge is -2.46. The Morgan fingerprint density at radius 2 is 1.24 bits per heavy atom. The van der Waals surface area contributed by atoms with E-state index in [9.17, 15) is 9.59 Å². The zero-order chi connectivity index (χ0) is 28.6. The molecule has 4 saturated carbocycles. The number of carbonyl (C=O) groups excluding carboxylic acids is 2. The molecule has 226 valence electrons. The van der Waals surface area contributed by atoms with Crippen molar-refractivity contribution in [1.29, 1.82) is 0 Å². The Balaban J connectivity index is 0.854. The van der Waals surface area contributed by atoms with Crippen LogP contribution >= 0.6 is 0 Å². The summed E-state index contributed by atoms with van der Waals surface area (Å²) in [5, 5.41) is 0. The van der Waals surface area contributed by atoms with Crippen LogP contribution in [0.25, 0.3) is 0 Å². The Bertz CT molecular complexity index is 1030. The fourth-order valence-electron chi connectivity index (χ4n) is 9.20.